The van der Waals surface area contributed by atoms with Crippen molar-refractivity contribution in [2.24, 2.45) is 0 Å². The molecule has 0 atom stereocenters. The summed E-state index contributed by atoms with van der Waals surface area (Å²) in [6.07, 6.45) is 5.91. The maximum absolute atomic E-state index is 11.8. The highest BCUT2D eigenvalue weighted by Gasteiger charge is 2.11. The SMILES string of the molecule is C=C(C/C=C/c1ccccc1)C(=O)c1ccco1. The lowest BCUT2D eigenvalue weighted by molar-refractivity contribution is 0.100. The van der Waals surface area contributed by atoms with E-state index in [4.69, 9.17) is 4.42 Å². The summed E-state index contributed by atoms with van der Waals surface area (Å²) in [6.45, 7) is 3.78. The molecule has 2 heteroatoms. The summed E-state index contributed by atoms with van der Waals surface area (Å²) in [4.78, 5) is 11.8. The predicted molar refractivity (Wildman–Crippen MR) is 72.3 cm³/mol. The first-order chi connectivity index (χ1) is 8.77. The van der Waals surface area contributed by atoms with E-state index >= 15 is 0 Å². The highest BCUT2D eigenvalue weighted by Crippen LogP contribution is 2.12. The van der Waals surface area contributed by atoms with Gasteiger partial charge in [-0.1, -0.05) is 49.1 Å². The van der Waals surface area contributed by atoms with Gasteiger partial charge in [0.2, 0.25) is 5.78 Å². The largest absolute Gasteiger partial charge is 0.461 e. The molecule has 0 saturated carbocycles. The first-order valence-electron chi connectivity index (χ1n) is 5.75. The Morgan fingerprint density at radius 2 is 1.94 bits per heavy atom. The maximum Gasteiger partial charge on any atom is 0.223 e. The fraction of sp³-hybridized carbons (Fsp3) is 0.0625. The zero-order valence-corrected chi connectivity index (χ0v) is 10.0. The van der Waals surface area contributed by atoms with Crippen LogP contribution in [0.15, 0.2) is 71.4 Å². The van der Waals surface area contributed by atoms with Gasteiger partial charge in [-0.3, -0.25) is 4.79 Å². The molecular weight excluding hydrogens is 224 g/mol. The van der Waals surface area contributed by atoms with Crippen LogP contribution in [-0.2, 0) is 0 Å². The number of benzene rings is 1. The van der Waals surface area contributed by atoms with E-state index in [1.165, 1.54) is 6.26 Å². The Labute approximate surface area is 106 Å². The van der Waals surface area contributed by atoms with Gasteiger partial charge in [0.25, 0.3) is 0 Å². The van der Waals surface area contributed by atoms with Crippen LogP contribution in [0.4, 0.5) is 0 Å². The zero-order valence-electron chi connectivity index (χ0n) is 10.0. The molecule has 1 aromatic heterocycles. The maximum atomic E-state index is 11.8. The summed E-state index contributed by atoms with van der Waals surface area (Å²) >= 11 is 0. The number of allylic oxidation sites excluding steroid dienone is 2. The fourth-order valence-corrected chi connectivity index (χ4v) is 1.58. The molecule has 0 unspecified atom stereocenters. The number of furan rings is 1. The van der Waals surface area contributed by atoms with E-state index in [1.807, 2.05) is 42.5 Å². The lowest BCUT2D eigenvalue weighted by Crippen LogP contribution is -1.99. The minimum atomic E-state index is -0.141. The summed E-state index contributed by atoms with van der Waals surface area (Å²) in [5.74, 6) is 0.200. The van der Waals surface area contributed by atoms with E-state index in [2.05, 4.69) is 6.58 Å². The van der Waals surface area contributed by atoms with Crippen molar-refractivity contribution in [1.82, 2.24) is 0 Å². The van der Waals surface area contributed by atoms with E-state index in [0.717, 1.165) is 5.56 Å². The van der Waals surface area contributed by atoms with E-state index in [1.54, 1.807) is 12.1 Å². The molecule has 0 N–H and O–H groups in total. The molecule has 0 amide bonds. The quantitative estimate of drug-likeness (QED) is 0.579. The van der Waals surface area contributed by atoms with Crippen molar-refractivity contribution in [3.63, 3.8) is 0 Å². The second-order valence-corrected chi connectivity index (χ2v) is 3.93. The first-order valence-corrected chi connectivity index (χ1v) is 5.75. The van der Waals surface area contributed by atoms with Gasteiger partial charge in [-0.25, -0.2) is 0 Å². The van der Waals surface area contributed by atoms with Crippen molar-refractivity contribution in [3.05, 3.63) is 78.3 Å². The molecule has 18 heavy (non-hydrogen) atoms. The second kappa shape index (κ2) is 5.82. The van der Waals surface area contributed by atoms with Crippen LogP contribution in [0.1, 0.15) is 22.5 Å². The van der Waals surface area contributed by atoms with Crippen LogP contribution >= 0.6 is 0 Å². The van der Waals surface area contributed by atoms with Crippen LogP contribution in [0.25, 0.3) is 6.08 Å². The molecule has 0 saturated heterocycles. The van der Waals surface area contributed by atoms with Gasteiger partial charge in [0.15, 0.2) is 5.76 Å². The van der Waals surface area contributed by atoms with Gasteiger partial charge in [-0.2, -0.15) is 0 Å². The molecule has 0 aliphatic heterocycles. The van der Waals surface area contributed by atoms with Gasteiger partial charge in [0.1, 0.15) is 0 Å². The monoisotopic (exact) mass is 238 g/mol. The number of hydrogen-bond acceptors (Lipinski definition) is 2. The summed E-state index contributed by atoms with van der Waals surface area (Å²) < 4.78 is 5.05. The lowest BCUT2D eigenvalue weighted by Gasteiger charge is -1.98. The Kier molecular flexibility index (Phi) is 3.92. The number of rotatable bonds is 5. The van der Waals surface area contributed by atoms with Crippen LogP contribution < -0.4 is 0 Å². The van der Waals surface area contributed by atoms with E-state index < -0.39 is 0 Å². The Hall–Kier alpha value is -2.35. The lowest BCUT2D eigenvalue weighted by atomic mass is 10.1. The summed E-state index contributed by atoms with van der Waals surface area (Å²) in [6, 6.07) is 13.3. The van der Waals surface area contributed by atoms with Gasteiger partial charge >= 0.3 is 0 Å². The number of carbonyl (C=O) groups is 1. The molecule has 0 bridgehead atoms. The molecule has 1 heterocycles. The standard InChI is InChI=1S/C16H14O2/c1-13(16(17)15-11-6-12-18-15)7-5-10-14-8-3-2-4-9-14/h2-6,8-12H,1,7H2/b10-5+. The highest BCUT2D eigenvalue weighted by atomic mass is 16.3. The highest BCUT2D eigenvalue weighted by molar-refractivity contribution is 6.06. The molecule has 0 fully saturated rings. The summed E-state index contributed by atoms with van der Waals surface area (Å²) in [5.41, 5.74) is 1.63. The molecule has 2 nitrogen and oxygen atoms in total. The number of hydrogen-bond donors (Lipinski definition) is 0. The van der Waals surface area contributed by atoms with Crippen LogP contribution in [-0.4, -0.2) is 5.78 Å². The number of carbonyl (C=O) groups excluding carboxylic acids is 1. The average molecular weight is 238 g/mol. The van der Waals surface area contributed by atoms with E-state index in [0.29, 0.717) is 17.8 Å². The zero-order chi connectivity index (χ0) is 12.8. The van der Waals surface area contributed by atoms with E-state index in [-0.39, 0.29) is 5.78 Å². The predicted octanol–water partition coefficient (Wildman–Crippen LogP) is 4.12. The molecule has 2 rings (SSSR count). The minimum absolute atomic E-state index is 0.141. The molecule has 2 aromatic rings. The summed E-state index contributed by atoms with van der Waals surface area (Å²) in [5, 5.41) is 0. The van der Waals surface area contributed by atoms with Crippen LogP contribution in [0, 0.1) is 0 Å². The van der Waals surface area contributed by atoms with Crippen molar-refractivity contribution in [2.75, 3.05) is 0 Å². The third-order valence-electron chi connectivity index (χ3n) is 2.54. The van der Waals surface area contributed by atoms with Gasteiger partial charge < -0.3 is 4.42 Å². The Morgan fingerprint density at radius 3 is 2.61 bits per heavy atom. The van der Waals surface area contributed by atoms with Crippen LogP contribution in [0.2, 0.25) is 0 Å². The number of ketones is 1. The smallest absolute Gasteiger partial charge is 0.223 e. The summed E-state index contributed by atoms with van der Waals surface area (Å²) in [7, 11) is 0. The Morgan fingerprint density at radius 1 is 1.17 bits per heavy atom. The molecular formula is C16H14O2. The van der Waals surface area contributed by atoms with Crippen molar-refractivity contribution >= 4 is 11.9 Å². The van der Waals surface area contributed by atoms with Crippen LogP contribution in [0.5, 0.6) is 0 Å². The van der Waals surface area contributed by atoms with Gasteiger partial charge in [0.05, 0.1) is 6.26 Å². The second-order valence-electron chi connectivity index (χ2n) is 3.93. The normalized spacial score (nSPS) is 10.7. The molecule has 0 aliphatic rings. The van der Waals surface area contributed by atoms with Gasteiger partial charge in [-0.05, 0) is 29.7 Å². The van der Waals surface area contributed by atoms with Gasteiger partial charge in [-0.15, -0.1) is 0 Å². The van der Waals surface area contributed by atoms with Gasteiger partial charge in [0, 0.05) is 0 Å². The topological polar surface area (TPSA) is 30.2 Å². The van der Waals surface area contributed by atoms with Crippen molar-refractivity contribution in [1.29, 1.82) is 0 Å². The Bertz CT molecular complexity index is 548. The number of Topliss-reactive ketones (excluding diaryl/α,β-unsaturated/α-hetero) is 1. The fourth-order valence-electron chi connectivity index (χ4n) is 1.58. The first kappa shape index (κ1) is 12.1. The third-order valence-corrected chi connectivity index (χ3v) is 2.54. The molecule has 0 aliphatic carbocycles. The van der Waals surface area contributed by atoms with E-state index in [9.17, 15) is 4.79 Å². The van der Waals surface area contributed by atoms with Crippen molar-refractivity contribution in [2.45, 2.75) is 6.42 Å². The molecule has 90 valence electrons. The van der Waals surface area contributed by atoms with Crippen LogP contribution in [0.3, 0.4) is 0 Å². The average Bonchev–Trinajstić information content (AvgIpc) is 2.93. The molecule has 0 radical (unpaired) electrons. The van der Waals surface area contributed by atoms with Crippen molar-refractivity contribution in [3.8, 4) is 0 Å². The van der Waals surface area contributed by atoms with Crippen molar-refractivity contribution < 1.29 is 9.21 Å². The molecule has 0 spiro atoms. The third kappa shape index (κ3) is 3.08. The minimum Gasteiger partial charge on any atom is -0.461 e. The Balaban J connectivity index is 1.93. The molecule has 1 aromatic carbocycles.